The van der Waals surface area contributed by atoms with Crippen molar-refractivity contribution in [1.29, 1.82) is 0 Å². The van der Waals surface area contributed by atoms with Crippen molar-refractivity contribution < 1.29 is 27.9 Å². The fraction of sp³-hybridized carbons (Fsp3) is 0.133. The molecule has 0 aliphatic heterocycles. The van der Waals surface area contributed by atoms with Crippen LogP contribution in [-0.4, -0.2) is 23.4 Å². The second-order valence-electron chi connectivity index (χ2n) is 4.62. The number of methoxy groups -OCH3 is 1. The Morgan fingerprint density at radius 3 is 2.54 bits per heavy atom. The number of non-ortho nitro benzene ring substituents is 1. The van der Waals surface area contributed by atoms with Crippen LogP contribution in [0.15, 0.2) is 41.4 Å². The highest BCUT2D eigenvalue weighted by atomic mass is 19.4. The van der Waals surface area contributed by atoms with Crippen LogP contribution in [0.25, 0.3) is 0 Å². The molecule has 0 saturated carbocycles. The first-order chi connectivity index (χ1) is 11.2. The zero-order valence-electron chi connectivity index (χ0n) is 12.2. The number of nitro benzene ring substituents is 1. The molecule has 126 valence electrons. The van der Waals surface area contributed by atoms with Gasteiger partial charge in [0.1, 0.15) is 0 Å². The van der Waals surface area contributed by atoms with E-state index in [0.29, 0.717) is 0 Å². The average Bonchev–Trinajstić information content (AvgIpc) is 2.53. The largest absolute Gasteiger partial charge is 0.504 e. The van der Waals surface area contributed by atoms with Gasteiger partial charge in [-0.3, -0.25) is 15.1 Å². The lowest BCUT2D eigenvalue weighted by molar-refractivity contribution is -0.385. The van der Waals surface area contributed by atoms with Crippen molar-refractivity contribution in [3.8, 4) is 11.5 Å². The van der Waals surface area contributed by atoms with E-state index in [0.717, 1.165) is 30.5 Å². The summed E-state index contributed by atoms with van der Waals surface area (Å²) in [6.07, 6.45) is -3.69. The SMILES string of the molecule is COc1cc([N+](=O)[O-])cc(C=Nc2ccccc2C(F)(F)F)c1O. The Bertz CT molecular complexity index is 804. The van der Waals surface area contributed by atoms with Gasteiger partial charge in [0.05, 0.1) is 29.4 Å². The van der Waals surface area contributed by atoms with Crippen LogP contribution in [0.3, 0.4) is 0 Å². The van der Waals surface area contributed by atoms with Gasteiger partial charge in [-0.05, 0) is 12.1 Å². The first kappa shape index (κ1) is 17.3. The minimum absolute atomic E-state index is 0.141. The number of para-hydroxylation sites is 1. The van der Waals surface area contributed by atoms with Crippen LogP contribution in [0.1, 0.15) is 11.1 Å². The molecule has 0 heterocycles. The molecule has 0 fully saturated rings. The summed E-state index contributed by atoms with van der Waals surface area (Å²) < 4.78 is 43.5. The molecule has 0 saturated heterocycles. The summed E-state index contributed by atoms with van der Waals surface area (Å²) in [6.45, 7) is 0. The molecule has 0 atom stereocenters. The minimum atomic E-state index is -4.60. The van der Waals surface area contributed by atoms with Crippen LogP contribution < -0.4 is 4.74 Å². The highest BCUT2D eigenvalue weighted by molar-refractivity contribution is 5.88. The third kappa shape index (κ3) is 3.62. The third-order valence-corrected chi connectivity index (χ3v) is 3.07. The molecule has 9 heteroatoms. The molecular weight excluding hydrogens is 329 g/mol. The summed E-state index contributed by atoms with van der Waals surface area (Å²) in [7, 11) is 1.19. The molecule has 0 unspecified atom stereocenters. The molecule has 2 rings (SSSR count). The highest BCUT2D eigenvalue weighted by Gasteiger charge is 2.33. The average molecular weight is 340 g/mol. The number of benzene rings is 2. The first-order valence-corrected chi connectivity index (χ1v) is 6.49. The summed E-state index contributed by atoms with van der Waals surface area (Å²) in [5.74, 6) is -0.647. The normalized spacial score (nSPS) is 11.7. The molecule has 0 spiro atoms. The quantitative estimate of drug-likeness (QED) is 0.516. The van der Waals surface area contributed by atoms with Crippen molar-refractivity contribution in [3.63, 3.8) is 0 Å². The van der Waals surface area contributed by atoms with Gasteiger partial charge in [-0.2, -0.15) is 13.2 Å². The van der Waals surface area contributed by atoms with Crippen molar-refractivity contribution in [2.45, 2.75) is 6.18 Å². The lowest BCUT2D eigenvalue weighted by atomic mass is 10.1. The Kier molecular flexibility index (Phi) is 4.72. The van der Waals surface area contributed by atoms with E-state index in [1.54, 1.807) is 0 Å². The molecular formula is C15H11F3N2O4. The Hall–Kier alpha value is -3.10. The number of halogens is 3. The van der Waals surface area contributed by atoms with Crippen molar-refractivity contribution in [2.24, 2.45) is 4.99 Å². The smallest absolute Gasteiger partial charge is 0.418 e. The summed E-state index contributed by atoms with van der Waals surface area (Å²) >= 11 is 0. The minimum Gasteiger partial charge on any atom is -0.504 e. The van der Waals surface area contributed by atoms with Gasteiger partial charge in [-0.1, -0.05) is 12.1 Å². The number of rotatable bonds is 4. The number of hydrogen-bond donors (Lipinski definition) is 1. The summed E-state index contributed by atoms with van der Waals surface area (Å²) in [6, 6.07) is 6.57. The number of aliphatic imine (C=N–C) groups is 1. The topological polar surface area (TPSA) is 85.0 Å². The van der Waals surface area contributed by atoms with Gasteiger partial charge >= 0.3 is 6.18 Å². The highest BCUT2D eigenvalue weighted by Crippen LogP contribution is 2.37. The van der Waals surface area contributed by atoms with Gasteiger partial charge in [-0.25, -0.2) is 0 Å². The summed E-state index contributed by atoms with van der Waals surface area (Å²) in [5, 5.41) is 20.8. The standard InChI is InChI=1S/C15H11F3N2O4/c1-24-13-7-10(20(22)23)6-9(14(13)21)8-19-12-5-3-2-4-11(12)15(16,17)18/h2-8,21H,1H3. The van der Waals surface area contributed by atoms with Crippen LogP contribution in [0.5, 0.6) is 11.5 Å². The van der Waals surface area contributed by atoms with Crippen LogP contribution in [0.4, 0.5) is 24.5 Å². The molecule has 0 aromatic heterocycles. The van der Waals surface area contributed by atoms with E-state index in [1.807, 2.05) is 0 Å². The van der Waals surface area contributed by atoms with Crippen LogP contribution in [0, 0.1) is 10.1 Å². The lowest BCUT2D eigenvalue weighted by Crippen LogP contribution is -2.04. The molecule has 0 aliphatic rings. The van der Waals surface area contributed by atoms with E-state index in [9.17, 15) is 28.4 Å². The zero-order valence-corrected chi connectivity index (χ0v) is 12.2. The molecule has 2 aromatic carbocycles. The third-order valence-electron chi connectivity index (χ3n) is 3.07. The van der Waals surface area contributed by atoms with E-state index < -0.39 is 28.1 Å². The number of nitrogens with zero attached hydrogens (tertiary/aromatic N) is 2. The van der Waals surface area contributed by atoms with Crippen molar-refractivity contribution >= 4 is 17.6 Å². The number of phenolic OH excluding ortho intramolecular Hbond substituents is 1. The first-order valence-electron chi connectivity index (χ1n) is 6.49. The van der Waals surface area contributed by atoms with Gasteiger partial charge in [0, 0.05) is 17.8 Å². The molecule has 6 nitrogen and oxygen atoms in total. The second kappa shape index (κ2) is 6.57. The number of ether oxygens (including phenoxy) is 1. The van der Waals surface area contributed by atoms with Gasteiger partial charge in [0.2, 0.25) is 0 Å². The van der Waals surface area contributed by atoms with Gasteiger partial charge in [-0.15, -0.1) is 0 Å². The van der Waals surface area contributed by atoms with Gasteiger partial charge in [0.15, 0.2) is 11.5 Å². The van der Waals surface area contributed by atoms with Gasteiger partial charge < -0.3 is 9.84 Å². The maximum absolute atomic E-state index is 12.9. The maximum Gasteiger partial charge on any atom is 0.418 e. The van der Waals surface area contributed by atoms with E-state index in [1.165, 1.54) is 19.2 Å². The predicted octanol–water partition coefficient (Wildman–Crippen LogP) is 4.08. The maximum atomic E-state index is 12.9. The monoisotopic (exact) mass is 340 g/mol. The summed E-state index contributed by atoms with van der Waals surface area (Å²) in [4.78, 5) is 13.8. The molecule has 2 aromatic rings. The van der Waals surface area contributed by atoms with E-state index in [2.05, 4.69) is 4.99 Å². The van der Waals surface area contributed by atoms with Crippen LogP contribution in [-0.2, 0) is 6.18 Å². The lowest BCUT2D eigenvalue weighted by Gasteiger charge is -2.09. The molecule has 0 amide bonds. The Labute approximate surface area is 134 Å². The number of phenols is 1. The number of alkyl halides is 3. The fourth-order valence-corrected chi connectivity index (χ4v) is 1.94. The number of nitro groups is 1. The Morgan fingerprint density at radius 1 is 1.29 bits per heavy atom. The molecule has 0 bridgehead atoms. The van der Waals surface area contributed by atoms with Crippen LogP contribution in [0.2, 0.25) is 0 Å². The van der Waals surface area contributed by atoms with E-state index in [4.69, 9.17) is 4.74 Å². The predicted molar refractivity (Wildman–Crippen MR) is 80.0 cm³/mol. The molecule has 0 aliphatic carbocycles. The van der Waals surface area contributed by atoms with Crippen molar-refractivity contribution in [3.05, 3.63) is 57.6 Å². The Morgan fingerprint density at radius 2 is 1.96 bits per heavy atom. The van der Waals surface area contributed by atoms with Gasteiger partial charge in [0.25, 0.3) is 5.69 Å². The second-order valence-corrected chi connectivity index (χ2v) is 4.62. The molecule has 0 radical (unpaired) electrons. The zero-order chi connectivity index (χ0) is 17.9. The number of aromatic hydroxyl groups is 1. The van der Waals surface area contributed by atoms with Crippen molar-refractivity contribution in [1.82, 2.24) is 0 Å². The van der Waals surface area contributed by atoms with E-state index in [-0.39, 0.29) is 17.0 Å². The van der Waals surface area contributed by atoms with Crippen molar-refractivity contribution in [2.75, 3.05) is 7.11 Å². The fourth-order valence-electron chi connectivity index (χ4n) is 1.94. The van der Waals surface area contributed by atoms with Crippen LogP contribution >= 0.6 is 0 Å². The Balaban J connectivity index is 2.51. The number of hydrogen-bond acceptors (Lipinski definition) is 5. The summed E-state index contributed by atoms with van der Waals surface area (Å²) in [5.41, 5.74) is -1.87. The molecule has 1 N–H and O–H groups in total. The van der Waals surface area contributed by atoms with E-state index >= 15 is 0 Å². The molecule has 24 heavy (non-hydrogen) atoms.